The van der Waals surface area contributed by atoms with E-state index in [2.05, 4.69) is 39.5 Å². The number of carbonyl (C=O) groups is 2. The summed E-state index contributed by atoms with van der Waals surface area (Å²) >= 11 is 0. The smallest absolute Gasteiger partial charge is 0.317 e. The molecule has 11 nitrogen and oxygen atoms in total. The highest BCUT2D eigenvalue weighted by molar-refractivity contribution is 6.14. The summed E-state index contributed by atoms with van der Waals surface area (Å²) < 4.78 is 22.3. The third-order valence-electron chi connectivity index (χ3n) is 7.65. The van der Waals surface area contributed by atoms with Gasteiger partial charge in [-0.2, -0.15) is 10.1 Å². The number of hydrogen-bond donors (Lipinski definition) is 2. The fraction of sp³-hybridized carbons (Fsp3) is 0.414. The van der Waals surface area contributed by atoms with E-state index in [1.165, 1.54) is 17.7 Å². The highest BCUT2D eigenvalue weighted by Gasteiger charge is 2.28. The molecule has 4 aromatic rings. The van der Waals surface area contributed by atoms with E-state index in [0.717, 1.165) is 24.2 Å². The maximum Gasteiger partial charge on any atom is 0.317 e. The van der Waals surface area contributed by atoms with Crippen LogP contribution in [0.4, 0.5) is 15.8 Å². The molecule has 2 fully saturated rings. The molecule has 2 N–H and O–H groups in total. The van der Waals surface area contributed by atoms with Crippen LogP contribution in [-0.4, -0.2) is 80.8 Å². The maximum absolute atomic E-state index is 14.7. The van der Waals surface area contributed by atoms with Crippen molar-refractivity contribution < 1.29 is 18.7 Å². The summed E-state index contributed by atoms with van der Waals surface area (Å²) in [5.74, 6) is -0.950. The monoisotopic (exact) mass is 560 g/mol. The molecule has 2 aromatic carbocycles. The lowest BCUT2D eigenvalue weighted by atomic mass is 10.0. The summed E-state index contributed by atoms with van der Waals surface area (Å²) in [5, 5.41) is 11.8. The number of rotatable bonds is 5. The van der Waals surface area contributed by atoms with Gasteiger partial charge in [0.2, 0.25) is 5.91 Å². The second kappa shape index (κ2) is 10.6. The Balaban J connectivity index is 1.36. The molecule has 2 aliphatic heterocycles. The van der Waals surface area contributed by atoms with Gasteiger partial charge in [0, 0.05) is 86.7 Å². The van der Waals surface area contributed by atoms with E-state index in [1.54, 1.807) is 36.5 Å². The second-order valence-corrected chi connectivity index (χ2v) is 11.1. The van der Waals surface area contributed by atoms with Crippen molar-refractivity contribution in [3.05, 3.63) is 48.0 Å². The predicted molar refractivity (Wildman–Crippen MR) is 154 cm³/mol. The van der Waals surface area contributed by atoms with Crippen LogP contribution in [0.25, 0.3) is 21.8 Å². The fourth-order valence-electron chi connectivity index (χ4n) is 5.87. The molecule has 12 heteroatoms. The average molecular weight is 561 g/mol. The summed E-state index contributed by atoms with van der Waals surface area (Å²) in [4.78, 5) is 38.6. The minimum atomic E-state index is -0.519. The minimum Gasteiger partial charge on any atom is -0.458 e. The van der Waals surface area contributed by atoms with Crippen molar-refractivity contribution in [1.82, 2.24) is 30.0 Å². The molecule has 2 aromatic heterocycles. The number of aromatic nitrogens is 4. The summed E-state index contributed by atoms with van der Waals surface area (Å²) in [5.41, 5.74) is 2.24. The standard InChI is InChI=1S/C29H33FN8O3/c1-16-12-38(13-17(2)32-16)25-6-5-22(28(40)33-20-9-19-14-36(4)35-26(19)24(30)10-20)27-23(25)11-31-29(34-27)41-21-7-8-37(15-21)18(3)39/h5-6,9-11,14,16-17,21,32H,7-8,12-13,15H2,1-4H3,(H,33,40). The van der Waals surface area contributed by atoms with Gasteiger partial charge < -0.3 is 25.2 Å². The van der Waals surface area contributed by atoms with Crippen molar-refractivity contribution in [2.24, 2.45) is 7.05 Å². The highest BCUT2D eigenvalue weighted by Crippen LogP contribution is 2.32. The summed E-state index contributed by atoms with van der Waals surface area (Å²) in [7, 11) is 1.72. The number of hydrogen-bond acceptors (Lipinski definition) is 8. The second-order valence-electron chi connectivity index (χ2n) is 11.1. The van der Waals surface area contributed by atoms with E-state index >= 15 is 0 Å². The zero-order valence-electron chi connectivity index (χ0n) is 23.5. The largest absolute Gasteiger partial charge is 0.458 e. The zero-order chi connectivity index (χ0) is 28.8. The van der Waals surface area contributed by atoms with E-state index in [9.17, 15) is 14.0 Å². The molecule has 41 heavy (non-hydrogen) atoms. The molecule has 0 radical (unpaired) electrons. The van der Waals surface area contributed by atoms with Crippen LogP contribution in [0.15, 0.2) is 36.7 Å². The molecule has 4 heterocycles. The number of nitrogens with zero attached hydrogens (tertiary/aromatic N) is 6. The van der Waals surface area contributed by atoms with E-state index in [1.807, 2.05) is 6.07 Å². The normalized spacial score (nSPS) is 21.0. The Bertz CT molecular complexity index is 1650. The third kappa shape index (κ3) is 5.39. The zero-order valence-corrected chi connectivity index (χ0v) is 23.5. The fourth-order valence-corrected chi connectivity index (χ4v) is 5.87. The summed E-state index contributed by atoms with van der Waals surface area (Å²) in [6.07, 6.45) is 3.83. The van der Waals surface area contributed by atoms with Crippen LogP contribution in [0.3, 0.4) is 0 Å². The van der Waals surface area contributed by atoms with Crippen molar-refractivity contribution >= 4 is 45.0 Å². The minimum absolute atomic E-state index is 0.000449. The number of ether oxygens (including phenoxy) is 1. The van der Waals surface area contributed by atoms with E-state index in [0.29, 0.717) is 41.7 Å². The van der Waals surface area contributed by atoms with Crippen LogP contribution in [0, 0.1) is 5.82 Å². The Morgan fingerprint density at radius 3 is 2.63 bits per heavy atom. The molecule has 2 saturated heterocycles. The number of amides is 2. The number of benzene rings is 2. The number of aryl methyl sites for hydroxylation is 1. The number of halogens is 1. The first-order chi connectivity index (χ1) is 19.6. The molecule has 0 spiro atoms. The number of carbonyl (C=O) groups excluding carboxylic acids is 2. The van der Waals surface area contributed by atoms with Gasteiger partial charge >= 0.3 is 6.01 Å². The van der Waals surface area contributed by atoms with E-state index in [4.69, 9.17) is 9.72 Å². The maximum atomic E-state index is 14.7. The number of likely N-dealkylation sites (tertiary alicyclic amines) is 1. The van der Waals surface area contributed by atoms with Crippen LogP contribution in [0.2, 0.25) is 0 Å². The van der Waals surface area contributed by atoms with Crippen LogP contribution < -0.4 is 20.3 Å². The summed E-state index contributed by atoms with van der Waals surface area (Å²) in [6, 6.07) is 7.31. The van der Waals surface area contributed by atoms with Gasteiger partial charge in [0.05, 0.1) is 17.6 Å². The van der Waals surface area contributed by atoms with Crippen LogP contribution >= 0.6 is 0 Å². The van der Waals surface area contributed by atoms with Gasteiger partial charge in [0.25, 0.3) is 5.91 Å². The van der Waals surface area contributed by atoms with Crippen molar-refractivity contribution in [2.45, 2.75) is 45.4 Å². The first kappa shape index (κ1) is 26.9. The Hall–Kier alpha value is -4.32. The lowest BCUT2D eigenvalue weighted by Gasteiger charge is -2.38. The third-order valence-corrected chi connectivity index (χ3v) is 7.65. The van der Waals surface area contributed by atoms with Gasteiger partial charge in [-0.3, -0.25) is 14.3 Å². The molecule has 6 rings (SSSR count). The molecule has 2 aliphatic rings. The van der Waals surface area contributed by atoms with Gasteiger partial charge in [-0.1, -0.05) is 0 Å². The molecule has 3 unspecified atom stereocenters. The van der Waals surface area contributed by atoms with Crippen molar-refractivity contribution in [1.29, 1.82) is 0 Å². The first-order valence-corrected chi connectivity index (χ1v) is 13.8. The molecule has 214 valence electrons. The van der Waals surface area contributed by atoms with Gasteiger partial charge in [0.15, 0.2) is 5.82 Å². The molecule has 0 bridgehead atoms. The average Bonchev–Trinajstić information content (AvgIpc) is 3.53. The van der Waals surface area contributed by atoms with Gasteiger partial charge in [-0.25, -0.2) is 9.37 Å². The van der Waals surface area contributed by atoms with Crippen LogP contribution in [-0.2, 0) is 11.8 Å². The Morgan fingerprint density at radius 1 is 1.12 bits per heavy atom. The Labute approximate surface area is 236 Å². The lowest BCUT2D eigenvalue weighted by Crippen LogP contribution is -2.54. The number of anilines is 2. The number of nitrogens with one attached hydrogen (secondary N) is 2. The van der Waals surface area contributed by atoms with Crippen LogP contribution in [0.1, 0.15) is 37.6 Å². The molecule has 3 atom stereocenters. The molecular weight excluding hydrogens is 527 g/mol. The molecule has 0 saturated carbocycles. The topological polar surface area (TPSA) is 118 Å². The SMILES string of the molecule is CC(=O)N1CCC(Oc2ncc3c(N4CC(C)NC(C)C4)ccc(C(=O)Nc4cc(F)c5nn(C)cc5c4)c3n2)C1. The van der Waals surface area contributed by atoms with Crippen LogP contribution in [0.5, 0.6) is 6.01 Å². The predicted octanol–water partition coefficient (Wildman–Crippen LogP) is 3.09. The van der Waals surface area contributed by atoms with Gasteiger partial charge in [0.1, 0.15) is 11.6 Å². The number of fused-ring (bicyclic) bond motifs is 2. The molecule has 0 aliphatic carbocycles. The van der Waals surface area contributed by atoms with E-state index in [-0.39, 0.29) is 35.6 Å². The Morgan fingerprint density at radius 2 is 1.90 bits per heavy atom. The first-order valence-electron chi connectivity index (χ1n) is 13.8. The highest BCUT2D eigenvalue weighted by atomic mass is 19.1. The van der Waals surface area contributed by atoms with E-state index < -0.39 is 11.7 Å². The van der Waals surface area contributed by atoms with Gasteiger partial charge in [-0.15, -0.1) is 0 Å². The van der Waals surface area contributed by atoms with Gasteiger partial charge in [-0.05, 0) is 38.1 Å². The number of piperazine rings is 1. The van der Waals surface area contributed by atoms with Crippen molar-refractivity contribution in [3.8, 4) is 6.01 Å². The van der Waals surface area contributed by atoms with Crippen molar-refractivity contribution in [2.75, 3.05) is 36.4 Å². The van der Waals surface area contributed by atoms with Crippen molar-refractivity contribution in [3.63, 3.8) is 0 Å². The summed E-state index contributed by atoms with van der Waals surface area (Å²) in [6.45, 7) is 8.47. The lowest BCUT2D eigenvalue weighted by molar-refractivity contribution is -0.128. The Kier molecular flexibility index (Phi) is 6.94. The molecular formula is C29H33FN8O3. The molecule has 2 amide bonds. The quantitative estimate of drug-likeness (QED) is 0.383.